The minimum atomic E-state index is -0.818. The van der Waals surface area contributed by atoms with Gasteiger partial charge in [0, 0.05) is 24.6 Å². The monoisotopic (exact) mass is 313 g/mol. The lowest BCUT2D eigenvalue weighted by Gasteiger charge is -2.07. The number of methoxy groups -OCH3 is 1. The topological polar surface area (TPSA) is 97.4 Å². The Morgan fingerprint density at radius 1 is 1.09 bits per heavy atom. The molecule has 1 aromatic carbocycles. The van der Waals surface area contributed by atoms with Crippen LogP contribution in [0.1, 0.15) is 15.9 Å². The van der Waals surface area contributed by atoms with Gasteiger partial charge in [0.2, 0.25) is 0 Å². The third-order valence-corrected chi connectivity index (χ3v) is 2.95. The highest BCUT2D eigenvalue weighted by Crippen LogP contribution is 2.11. The lowest BCUT2D eigenvalue weighted by atomic mass is 10.2. The number of ether oxygens (including phenoxy) is 1. The van der Waals surface area contributed by atoms with E-state index in [2.05, 4.69) is 20.4 Å². The highest BCUT2D eigenvalue weighted by molar-refractivity contribution is 6.39. The van der Waals surface area contributed by atoms with Gasteiger partial charge in [-0.05, 0) is 35.9 Å². The highest BCUT2D eigenvalue weighted by Gasteiger charge is 2.14. The quantitative estimate of drug-likeness (QED) is 0.651. The molecule has 7 heteroatoms. The molecule has 0 saturated heterocycles. The van der Waals surface area contributed by atoms with Crippen LogP contribution in [0, 0.1) is 0 Å². The second kappa shape index (κ2) is 7.69. The van der Waals surface area contributed by atoms with Crippen molar-refractivity contribution in [3.05, 3.63) is 59.9 Å². The number of nitrogens with zero attached hydrogens (tertiary/aromatic N) is 1. The Morgan fingerprint density at radius 2 is 1.83 bits per heavy atom. The van der Waals surface area contributed by atoms with Crippen LogP contribution in [0.4, 0.5) is 5.69 Å². The molecule has 0 unspecified atom stereocenters. The molecule has 0 atom stereocenters. The van der Waals surface area contributed by atoms with Gasteiger partial charge in [-0.1, -0.05) is 6.07 Å². The van der Waals surface area contributed by atoms with Crippen LogP contribution in [0.5, 0.6) is 0 Å². The van der Waals surface area contributed by atoms with Crippen molar-refractivity contribution < 1.29 is 19.1 Å². The summed E-state index contributed by atoms with van der Waals surface area (Å²) in [5.74, 6) is -2.12. The zero-order valence-corrected chi connectivity index (χ0v) is 12.4. The molecule has 0 aliphatic heterocycles. The van der Waals surface area contributed by atoms with Crippen molar-refractivity contribution in [3.63, 3.8) is 0 Å². The summed E-state index contributed by atoms with van der Waals surface area (Å²) >= 11 is 0. The van der Waals surface area contributed by atoms with E-state index in [-0.39, 0.29) is 12.1 Å². The van der Waals surface area contributed by atoms with Gasteiger partial charge >= 0.3 is 17.8 Å². The van der Waals surface area contributed by atoms with Crippen molar-refractivity contribution in [2.24, 2.45) is 0 Å². The first-order valence-electron chi connectivity index (χ1n) is 6.76. The first-order valence-corrected chi connectivity index (χ1v) is 6.76. The van der Waals surface area contributed by atoms with Crippen LogP contribution in [-0.2, 0) is 20.9 Å². The van der Waals surface area contributed by atoms with E-state index in [9.17, 15) is 14.4 Å². The number of amides is 2. The van der Waals surface area contributed by atoms with Gasteiger partial charge in [-0.15, -0.1) is 0 Å². The second-order valence-electron chi connectivity index (χ2n) is 4.56. The predicted octanol–water partition coefficient (Wildman–Crippen LogP) is 1.12. The zero-order chi connectivity index (χ0) is 16.7. The number of rotatable bonds is 4. The Morgan fingerprint density at radius 3 is 2.52 bits per heavy atom. The molecule has 2 N–H and O–H groups in total. The van der Waals surface area contributed by atoms with E-state index in [1.54, 1.807) is 42.7 Å². The predicted molar refractivity (Wildman–Crippen MR) is 82.5 cm³/mol. The summed E-state index contributed by atoms with van der Waals surface area (Å²) in [5.41, 5.74) is 1.44. The number of hydrogen-bond donors (Lipinski definition) is 2. The first kappa shape index (κ1) is 16.2. The maximum atomic E-state index is 11.8. The van der Waals surface area contributed by atoms with E-state index in [1.165, 1.54) is 13.2 Å². The van der Waals surface area contributed by atoms with E-state index >= 15 is 0 Å². The van der Waals surface area contributed by atoms with Crippen LogP contribution < -0.4 is 10.6 Å². The van der Waals surface area contributed by atoms with Crippen molar-refractivity contribution in [2.75, 3.05) is 12.4 Å². The Bertz CT molecular complexity index is 716. The molecule has 118 valence electrons. The van der Waals surface area contributed by atoms with Crippen molar-refractivity contribution >= 4 is 23.5 Å². The molecule has 1 aromatic heterocycles. The number of carbonyl (C=O) groups is 3. The van der Waals surface area contributed by atoms with Gasteiger partial charge in [0.25, 0.3) is 0 Å². The zero-order valence-electron chi connectivity index (χ0n) is 12.4. The number of pyridine rings is 1. The van der Waals surface area contributed by atoms with Gasteiger partial charge < -0.3 is 15.4 Å². The van der Waals surface area contributed by atoms with E-state index in [0.717, 1.165) is 5.56 Å². The Hall–Kier alpha value is -3.22. The fourth-order valence-corrected chi connectivity index (χ4v) is 1.79. The normalized spacial score (nSPS) is 9.78. The molecule has 2 rings (SSSR count). The number of aromatic nitrogens is 1. The largest absolute Gasteiger partial charge is 0.465 e. The number of anilines is 1. The third-order valence-electron chi connectivity index (χ3n) is 2.95. The van der Waals surface area contributed by atoms with Gasteiger partial charge in [0.1, 0.15) is 0 Å². The molecule has 2 amide bonds. The fourth-order valence-electron chi connectivity index (χ4n) is 1.79. The van der Waals surface area contributed by atoms with Crippen LogP contribution in [0.3, 0.4) is 0 Å². The Labute approximate surface area is 132 Å². The Balaban J connectivity index is 1.93. The summed E-state index contributed by atoms with van der Waals surface area (Å²) in [6, 6.07) is 9.60. The van der Waals surface area contributed by atoms with E-state index < -0.39 is 17.8 Å². The standard InChI is InChI=1S/C16H15N3O4/c1-23-16(22)12-3-2-4-13(9-12)19-15(21)14(20)18-10-11-5-7-17-8-6-11/h2-9H,10H2,1H3,(H,18,20)(H,19,21). The van der Waals surface area contributed by atoms with E-state index in [1.807, 2.05) is 0 Å². The van der Waals surface area contributed by atoms with Crippen molar-refractivity contribution in [3.8, 4) is 0 Å². The van der Waals surface area contributed by atoms with Crippen molar-refractivity contribution in [2.45, 2.75) is 6.54 Å². The van der Waals surface area contributed by atoms with Crippen LogP contribution in [0.25, 0.3) is 0 Å². The van der Waals surface area contributed by atoms with Gasteiger partial charge in [-0.25, -0.2) is 4.79 Å². The highest BCUT2D eigenvalue weighted by atomic mass is 16.5. The van der Waals surface area contributed by atoms with Crippen LogP contribution >= 0.6 is 0 Å². The third kappa shape index (κ3) is 4.63. The number of carbonyl (C=O) groups excluding carboxylic acids is 3. The average molecular weight is 313 g/mol. The number of nitrogens with one attached hydrogen (secondary N) is 2. The van der Waals surface area contributed by atoms with Crippen LogP contribution in [0.15, 0.2) is 48.8 Å². The number of hydrogen-bond acceptors (Lipinski definition) is 5. The SMILES string of the molecule is COC(=O)c1cccc(NC(=O)C(=O)NCc2ccncc2)c1. The minimum absolute atomic E-state index is 0.219. The van der Waals surface area contributed by atoms with Crippen LogP contribution in [0.2, 0.25) is 0 Å². The molecule has 0 aliphatic rings. The Kier molecular flexibility index (Phi) is 5.40. The molecule has 0 bridgehead atoms. The molecule has 23 heavy (non-hydrogen) atoms. The summed E-state index contributed by atoms with van der Waals surface area (Å²) in [7, 11) is 1.26. The van der Waals surface area contributed by atoms with E-state index in [4.69, 9.17) is 0 Å². The second-order valence-corrected chi connectivity index (χ2v) is 4.56. The van der Waals surface area contributed by atoms with Gasteiger partial charge in [-0.3, -0.25) is 14.6 Å². The molecule has 0 aliphatic carbocycles. The average Bonchev–Trinajstić information content (AvgIpc) is 2.60. The summed E-state index contributed by atoms with van der Waals surface area (Å²) in [6.45, 7) is 0.219. The first-order chi connectivity index (χ1) is 11.1. The molecule has 7 nitrogen and oxygen atoms in total. The molecular weight excluding hydrogens is 298 g/mol. The summed E-state index contributed by atoms with van der Waals surface area (Å²) < 4.78 is 4.60. The maximum absolute atomic E-state index is 11.8. The summed E-state index contributed by atoms with van der Waals surface area (Å²) in [4.78, 5) is 38.9. The van der Waals surface area contributed by atoms with Crippen LogP contribution in [-0.4, -0.2) is 29.9 Å². The lowest BCUT2D eigenvalue weighted by molar-refractivity contribution is -0.136. The lowest BCUT2D eigenvalue weighted by Crippen LogP contribution is -2.35. The van der Waals surface area contributed by atoms with Crippen molar-refractivity contribution in [1.29, 1.82) is 0 Å². The van der Waals surface area contributed by atoms with E-state index in [0.29, 0.717) is 5.69 Å². The number of benzene rings is 1. The smallest absolute Gasteiger partial charge is 0.337 e. The summed E-state index contributed by atoms with van der Waals surface area (Å²) in [6.07, 6.45) is 3.19. The van der Waals surface area contributed by atoms with Gasteiger partial charge in [0.05, 0.1) is 12.7 Å². The number of esters is 1. The molecule has 0 radical (unpaired) electrons. The van der Waals surface area contributed by atoms with Gasteiger partial charge in [-0.2, -0.15) is 0 Å². The molecular formula is C16H15N3O4. The minimum Gasteiger partial charge on any atom is -0.465 e. The molecule has 2 aromatic rings. The molecule has 0 saturated carbocycles. The summed E-state index contributed by atoms with van der Waals surface area (Å²) in [5, 5.41) is 4.92. The molecule has 1 heterocycles. The van der Waals surface area contributed by atoms with Gasteiger partial charge in [0.15, 0.2) is 0 Å². The molecule has 0 fully saturated rings. The van der Waals surface area contributed by atoms with Crippen molar-refractivity contribution in [1.82, 2.24) is 10.3 Å². The molecule has 0 spiro atoms. The fraction of sp³-hybridized carbons (Fsp3) is 0.125. The maximum Gasteiger partial charge on any atom is 0.337 e.